The highest BCUT2D eigenvalue weighted by Crippen LogP contribution is 2.27. The van der Waals surface area contributed by atoms with E-state index < -0.39 is 6.10 Å². The van der Waals surface area contributed by atoms with Crippen molar-refractivity contribution in [3.63, 3.8) is 0 Å². The van der Waals surface area contributed by atoms with Crippen LogP contribution in [0.5, 0.6) is 0 Å². The molecule has 0 aliphatic carbocycles. The van der Waals surface area contributed by atoms with Crippen molar-refractivity contribution in [1.82, 2.24) is 18.9 Å². The molecule has 1 aromatic carbocycles. The third-order valence-corrected chi connectivity index (χ3v) is 4.44. The molecule has 0 bridgehead atoms. The number of rotatable bonds is 4. The second-order valence-electron chi connectivity index (χ2n) is 6.39. The van der Waals surface area contributed by atoms with Crippen LogP contribution >= 0.6 is 0 Å². The lowest BCUT2D eigenvalue weighted by Gasteiger charge is -2.12. The molecule has 3 aromatic heterocycles. The van der Waals surface area contributed by atoms with Gasteiger partial charge < -0.3 is 14.1 Å². The Hall–Kier alpha value is -2.92. The molecule has 4 aromatic rings. The topological polar surface area (TPSA) is 55.4 Å². The fourth-order valence-corrected chi connectivity index (χ4v) is 3.21. The lowest BCUT2D eigenvalue weighted by Crippen LogP contribution is -2.07. The summed E-state index contributed by atoms with van der Waals surface area (Å²) in [5.41, 5.74) is 6.21. The van der Waals surface area contributed by atoms with E-state index in [1.165, 1.54) is 0 Å². The van der Waals surface area contributed by atoms with Crippen LogP contribution < -0.4 is 0 Å². The molecule has 126 valence electrons. The van der Waals surface area contributed by atoms with Gasteiger partial charge in [0.25, 0.3) is 0 Å². The van der Waals surface area contributed by atoms with Gasteiger partial charge in [-0.15, -0.1) is 0 Å². The highest BCUT2D eigenvalue weighted by molar-refractivity contribution is 5.72. The predicted molar refractivity (Wildman–Crippen MR) is 97.3 cm³/mol. The van der Waals surface area contributed by atoms with Crippen LogP contribution in [-0.2, 0) is 6.54 Å². The third kappa shape index (κ3) is 3.06. The molecule has 5 heteroatoms. The number of hydrogen-bond donors (Lipinski definition) is 1. The van der Waals surface area contributed by atoms with Crippen molar-refractivity contribution < 1.29 is 5.11 Å². The third-order valence-electron chi connectivity index (χ3n) is 4.44. The molecule has 1 atom stereocenters. The average molecular weight is 332 g/mol. The first-order chi connectivity index (χ1) is 12.1. The van der Waals surface area contributed by atoms with Gasteiger partial charge in [-0.2, -0.15) is 0 Å². The van der Waals surface area contributed by atoms with Crippen LogP contribution in [0.15, 0.2) is 61.4 Å². The summed E-state index contributed by atoms with van der Waals surface area (Å²) in [7, 11) is 0. The summed E-state index contributed by atoms with van der Waals surface area (Å²) in [6, 6.07) is 10.2. The van der Waals surface area contributed by atoms with Crippen molar-refractivity contribution in [3.05, 3.63) is 78.4 Å². The SMILES string of the molecule is Cc1cn2cc(-c3cccc(C(O)Cn4ccnc4)c3)cc2c(C)n1. The van der Waals surface area contributed by atoms with E-state index in [-0.39, 0.29) is 0 Å². The normalized spacial score (nSPS) is 12.6. The second-order valence-corrected chi connectivity index (χ2v) is 6.39. The molecule has 0 aliphatic heterocycles. The minimum Gasteiger partial charge on any atom is -0.387 e. The Bertz CT molecular complexity index is 1020. The second kappa shape index (κ2) is 6.18. The monoisotopic (exact) mass is 332 g/mol. The van der Waals surface area contributed by atoms with Crippen LogP contribution in [0.1, 0.15) is 23.1 Å². The Morgan fingerprint density at radius 1 is 1.12 bits per heavy atom. The number of aliphatic hydroxyl groups is 1. The zero-order chi connectivity index (χ0) is 17.4. The van der Waals surface area contributed by atoms with Gasteiger partial charge >= 0.3 is 0 Å². The molecule has 0 saturated heterocycles. The summed E-state index contributed by atoms with van der Waals surface area (Å²) in [5.74, 6) is 0. The molecule has 1 N–H and O–H groups in total. The lowest BCUT2D eigenvalue weighted by atomic mass is 10.0. The van der Waals surface area contributed by atoms with E-state index in [2.05, 4.69) is 32.7 Å². The van der Waals surface area contributed by atoms with Crippen LogP contribution in [-0.4, -0.2) is 24.0 Å². The summed E-state index contributed by atoms with van der Waals surface area (Å²) in [6.07, 6.45) is 8.85. The first-order valence-electron chi connectivity index (χ1n) is 8.30. The van der Waals surface area contributed by atoms with E-state index >= 15 is 0 Å². The molecule has 4 rings (SSSR count). The van der Waals surface area contributed by atoms with Gasteiger partial charge in [0.05, 0.1) is 35.9 Å². The highest BCUT2D eigenvalue weighted by atomic mass is 16.3. The molecule has 0 radical (unpaired) electrons. The maximum absolute atomic E-state index is 10.5. The summed E-state index contributed by atoms with van der Waals surface area (Å²) in [4.78, 5) is 8.54. The van der Waals surface area contributed by atoms with E-state index in [1.54, 1.807) is 12.5 Å². The van der Waals surface area contributed by atoms with Gasteiger partial charge in [-0.05, 0) is 37.1 Å². The van der Waals surface area contributed by atoms with E-state index in [1.807, 2.05) is 49.0 Å². The fourth-order valence-electron chi connectivity index (χ4n) is 3.21. The summed E-state index contributed by atoms with van der Waals surface area (Å²) in [5, 5.41) is 10.5. The Labute approximate surface area is 146 Å². The van der Waals surface area contributed by atoms with Gasteiger partial charge in [0.1, 0.15) is 0 Å². The Morgan fingerprint density at radius 2 is 2.00 bits per heavy atom. The van der Waals surface area contributed by atoms with Gasteiger partial charge in [0, 0.05) is 30.4 Å². The lowest BCUT2D eigenvalue weighted by molar-refractivity contribution is 0.156. The Morgan fingerprint density at radius 3 is 2.80 bits per heavy atom. The Kier molecular flexibility index (Phi) is 3.86. The van der Waals surface area contributed by atoms with Crippen LogP contribution in [0.2, 0.25) is 0 Å². The first kappa shape index (κ1) is 15.6. The number of benzene rings is 1. The predicted octanol–water partition coefficient (Wildman–Crippen LogP) is 3.55. The number of hydrogen-bond acceptors (Lipinski definition) is 3. The van der Waals surface area contributed by atoms with Crippen molar-refractivity contribution in [2.24, 2.45) is 0 Å². The van der Waals surface area contributed by atoms with Gasteiger partial charge in [-0.3, -0.25) is 4.98 Å². The standard InChI is InChI=1S/C20H20N4O/c1-14-10-24-11-18(9-19(24)15(2)22-14)16-4-3-5-17(8-16)20(25)12-23-7-6-21-13-23/h3-11,13,20,25H,12H2,1-2H3. The van der Waals surface area contributed by atoms with Crippen LogP contribution in [0.25, 0.3) is 16.6 Å². The maximum Gasteiger partial charge on any atom is 0.0969 e. The molecule has 5 nitrogen and oxygen atoms in total. The number of aryl methyl sites for hydroxylation is 2. The van der Waals surface area contributed by atoms with Crippen LogP contribution in [0.3, 0.4) is 0 Å². The minimum atomic E-state index is -0.572. The molecule has 0 saturated carbocycles. The Balaban J connectivity index is 1.68. The van der Waals surface area contributed by atoms with Crippen molar-refractivity contribution in [2.45, 2.75) is 26.5 Å². The van der Waals surface area contributed by atoms with E-state index in [4.69, 9.17) is 0 Å². The number of fused-ring (bicyclic) bond motifs is 1. The molecule has 1 unspecified atom stereocenters. The van der Waals surface area contributed by atoms with Gasteiger partial charge in [0.2, 0.25) is 0 Å². The molecule has 3 heterocycles. The van der Waals surface area contributed by atoms with E-state index in [0.717, 1.165) is 33.6 Å². The average Bonchev–Trinajstić information content (AvgIpc) is 3.24. The number of imidazole rings is 1. The van der Waals surface area contributed by atoms with Crippen molar-refractivity contribution in [3.8, 4) is 11.1 Å². The van der Waals surface area contributed by atoms with E-state index in [9.17, 15) is 5.11 Å². The first-order valence-corrected chi connectivity index (χ1v) is 8.30. The van der Waals surface area contributed by atoms with Crippen LogP contribution in [0, 0.1) is 13.8 Å². The zero-order valence-electron chi connectivity index (χ0n) is 14.3. The highest BCUT2D eigenvalue weighted by Gasteiger charge is 2.11. The van der Waals surface area contributed by atoms with Crippen molar-refractivity contribution >= 4 is 5.52 Å². The number of aromatic nitrogens is 4. The van der Waals surface area contributed by atoms with Gasteiger partial charge in [0.15, 0.2) is 0 Å². The van der Waals surface area contributed by atoms with E-state index in [0.29, 0.717) is 6.54 Å². The number of aliphatic hydroxyl groups excluding tert-OH is 1. The quantitative estimate of drug-likeness (QED) is 0.622. The number of nitrogens with zero attached hydrogens (tertiary/aromatic N) is 4. The molecule has 25 heavy (non-hydrogen) atoms. The zero-order valence-corrected chi connectivity index (χ0v) is 14.3. The largest absolute Gasteiger partial charge is 0.387 e. The molecule has 0 amide bonds. The summed E-state index contributed by atoms with van der Waals surface area (Å²) >= 11 is 0. The van der Waals surface area contributed by atoms with Crippen molar-refractivity contribution in [1.29, 1.82) is 0 Å². The molecular formula is C20H20N4O. The summed E-state index contributed by atoms with van der Waals surface area (Å²) in [6.45, 7) is 4.51. The maximum atomic E-state index is 10.5. The summed E-state index contributed by atoms with van der Waals surface area (Å²) < 4.78 is 3.99. The molecule has 0 aliphatic rings. The molecule has 0 fully saturated rings. The van der Waals surface area contributed by atoms with Crippen molar-refractivity contribution in [2.75, 3.05) is 0 Å². The molecule has 0 spiro atoms. The van der Waals surface area contributed by atoms with Crippen LogP contribution in [0.4, 0.5) is 0 Å². The van der Waals surface area contributed by atoms with Gasteiger partial charge in [-0.25, -0.2) is 4.98 Å². The van der Waals surface area contributed by atoms with Gasteiger partial charge in [-0.1, -0.05) is 18.2 Å². The smallest absolute Gasteiger partial charge is 0.0969 e. The minimum absolute atomic E-state index is 0.489. The fraction of sp³-hybridized carbons (Fsp3) is 0.200. The molecular weight excluding hydrogens is 312 g/mol.